The maximum Gasteiger partial charge on any atom is 0.191 e. The number of nitrogens with one attached hydrogen (secondary N) is 2. The van der Waals surface area contributed by atoms with E-state index in [0.717, 1.165) is 11.1 Å². The van der Waals surface area contributed by atoms with Crippen LogP contribution in [0.3, 0.4) is 0 Å². The molecule has 0 aromatic heterocycles. The highest BCUT2D eigenvalue weighted by molar-refractivity contribution is 5.79. The monoisotopic (exact) mass is 375 g/mol. The average Bonchev–Trinajstić information content (AvgIpc) is 2.69. The smallest absolute Gasteiger partial charge is 0.191 e. The molecule has 2 aromatic rings. The fraction of sp³-hybridized carbons (Fsp3) is 0.350. The second-order valence-electron chi connectivity index (χ2n) is 5.75. The van der Waals surface area contributed by atoms with E-state index in [2.05, 4.69) is 15.6 Å². The van der Waals surface area contributed by atoms with Crippen molar-refractivity contribution in [1.29, 1.82) is 0 Å². The molecule has 0 radical (unpaired) electrons. The summed E-state index contributed by atoms with van der Waals surface area (Å²) in [5.41, 5.74) is 1.84. The summed E-state index contributed by atoms with van der Waals surface area (Å²) in [4.78, 5) is 4.21. The zero-order valence-electron chi connectivity index (χ0n) is 16.1. The minimum Gasteiger partial charge on any atom is -0.496 e. The van der Waals surface area contributed by atoms with E-state index >= 15 is 0 Å². The molecule has 146 valence electrons. The number of guanidine groups is 1. The van der Waals surface area contributed by atoms with E-state index in [1.54, 1.807) is 40.5 Å². The molecule has 0 aliphatic rings. The van der Waals surface area contributed by atoms with Crippen LogP contribution in [0.2, 0.25) is 0 Å². The summed E-state index contributed by atoms with van der Waals surface area (Å²) in [5.74, 6) is 2.34. The van der Waals surface area contributed by atoms with E-state index < -0.39 is 0 Å². The molecule has 0 amide bonds. The van der Waals surface area contributed by atoms with Crippen molar-refractivity contribution in [3.8, 4) is 17.2 Å². The second-order valence-corrected chi connectivity index (χ2v) is 5.75. The number of methoxy groups -OCH3 is 3. The lowest BCUT2D eigenvalue weighted by Crippen LogP contribution is -2.37. The van der Waals surface area contributed by atoms with Gasteiger partial charge >= 0.3 is 0 Å². The Balaban J connectivity index is 1.95. The summed E-state index contributed by atoms with van der Waals surface area (Å²) in [6.07, 6.45) is 0.693. The first-order valence-corrected chi connectivity index (χ1v) is 8.59. The van der Waals surface area contributed by atoms with Gasteiger partial charge in [0.15, 0.2) is 17.5 Å². The van der Waals surface area contributed by atoms with Crippen molar-refractivity contribution in [2.75, 3.05) is 34.9 Å². The highest BCUT2D eigenvalue weighted by Crippen LogP contribution is 2.34. The molecule has 27 heavy (non-hydrogen) atoms. The molecule has 6 nitrogen and oxygen atoms in total. The fourth-order valence-corrected chi connectivity index (χ4v) is 2.65. The third-order valence-corrected chi connectivity index (χ3v) is 4.05. The average molecular weight is 375 g/mol. The zero-order chi connectivity index (χ0) is 19.6. The highest BCUT2D eigenvalue weighted by Gasteiger charge is 2.12. The van der Waals surface area contributed by atoms with Gasteiger partial charge in [-0.2, -0.15) is 0 Å². The lowest BCUT2D eigenvalue weighted by Gasteiger charge is -2.16. The van der Waals surface area contributed by atoms with Crippen LogP contribution < -0.4 is 24.8 Å². The molecule has 2 aromatic carbocycles. The SMILES string of the molecule is CN=C(NCCc1cccc(F)c1)NCc1cc(OC)c(OC)cc1OC. The van der Waals surface area contributed by atoms with E-state index in [9.17, 15) is 4.39 Å². The van der Waals surface area contributed by atoms with Gasteiger partial charge in [0.05, 0.1) is 21.3 Å². The van der Waals surface area contributed by atoms with Crippen LogP contribution in [-0.4, -0.2) is 40.9 Å². The number of benzene rings is 2. The van der Waals surface area contributed by atoms with Gasteiger partial charge in [-0.15, -0.1) is 0 Å². The van der Waals surface area contributed by atoms with Gasteiger partial charge in [0, 0.05) is 31.8 Å². The zero-order valence-corrected chi connectivity index (χ0v) is 16.1. The summed E-state index contributed by atoms with van der Waals surface area (Å²) < 4.78 is 29.3. The van der Waals surface area contributed by atoms with Crippen LogP contribution in [0.15, 0.2) is 41.4 Å². The lowest BCUT2D eigenvalue weighted by molar-refractivity contribution is 0.347. The standard InChI is InChI=1S/C20H26FN3O3/c1-22-20(23-9-8-14-6-5-7-16(21)10-14)24-13-15-11-18(26-3)19(27-4)12-17(15)25-2/h5-7,10-12H,8-9,13H2,1-4H3,(H2,22,23,24). The van der Waals surface area contributed by atoms with Gasteiger partial charge in [0.25, 0.3) is 0 Å². The molecule has 0 bridgehead atoms. The number of hydrogen-bond acceptors (Lipinski definition) is 4. The van der Waals surface area contributed by atoms with Crippen LogP contribution in [0.25, 0.3) is 0 Å². The van der Waals surface area contributed by atoms with Crippen molar-refractivity contribution in [2.45, 2.75) is 13.0 Å². The summed E-state index contributed by atoms with van der Waals surface area (Å²) in [5, 5.41) is 6.45. The Morgan fingerprint density at radius 1 is 0.963 bits per heavy atom. The van der Waals surface area contributed by atoms with Crippen LogP contribution in [0, 0.1) is 5.82 Å². The fourth-order valence-electron chi connectivity index (χ4n) is 2.65. The largest absolute Gasteiger partial charge is 0.496 e. The van der Waals surface area contributed by atoms with Gasteiger partial charge in [-0.05, 0) is 30.2 Å². The third-order valence-electron chi connectivity index (χ3n) is 4.05. The molecule has 0 aliphatic heterocycles. The van der Waals surface area contributed by atoms with E-state index in [-0.39, 0.29) is 5.82 Å². The predicted molar refractivity (Wildman–Crippen MR) is 104 cm³/mol. The number of hydrogen-bond donors (Lipinski definition) is 2. The number of aliphatic imine (C=N–C) groups is 1. The maximum atomic E-state index is 13.2. The van der Waals surface area contributed by atoms with Crippen LogP contribution in [-0.2, 0) is 13.0 Å². The number of nitrogens with zero attached hydrogens (tertiary/aromatic N) is 1. The van der Waals surface area contributed by atoms with E-state index in [1.165, 1.54) is 12.1 Å². The van der Waals surface area contributed by atoms with Crippen molar-refractivity contribution in [3.63, 3.8) is 0 Å². The Morgan fingerprint density at radius 2 is 1.67 bits per heavy atom. The quantitative estimate of drug-likeness (QED) is 0.549. The predicted octanol–water partition coefficient (Wildman–Crippen LogP) is 2.76. The number of halogens is 1. The molecule has 7 heteroatoms. The molecule has 0 fully saturated rings. The molecule has 0 saturated carbocycles. The Bertz CT molecular complexity index is 781. The molecule has 0 aliphatic carbocycles. The van der Waals surface area contributed by atoms with Crippen molar-refractivity contribution >= 4 is 5.96 Å². The van der Waals surface area contributed by atoms with Crippen LogP contribution in [0.1, 0.15) is 11.1 Å². The highest BCUT2D eigenvalue weighted by atomic mass is 19.1. The number of rotatable bonds is 8. The summed E-state index contributed by atoms with van der Waals surface area (Å²) in [6.45, 7) is 1.12. The normalized spacial score (nSPS) is 11.1. The van der Waals surface area contributed by atoms with E-state index in [4.69, 9.17) is 14.2 Å². The second kappa shape index (κ2) is 10.3. The molecular weight excluding hydrogens is 349 g/mol. The van der Waals surface area contributed by atoms with E-state index in [0.29, 0.717) is 42.7 Å². The van der Waals surface area contributed by atoms with E-state index in [1.807, 2.05) is 12.1 Å². The summed E-state index contributed by atoms with van der Waals surface area (Å²) >= 11 is 0. The van der Waals surface area contributed by atoms with Crippen LogP contribution in [0.4, 0.5) is 4.39 Å². The molecule has 0 unspecified atom stereocenters. The molecule has 0 atom stereocenters. The van der Waals surface area contributed by atoms with Gasteiger partial charge in [-0.3, -0.25) is 4.99 Å². The summed E-state index contributed by atoms with van der Waals surface area (Å²) in [6, 6.07) is 10.2. The Morgan fingerprint density at radius 3 is 2.30 bits per heavy atom. The first-order chi connectivity index (χ1) is 13.1. The number of ether oxygens (including phenoxy) is 3. The third kappa shape index (κ3) is 5.77. The van der Waals surface area contributed by atoms with Crippen molar-refractivity contribution < 1.29 is 18.6 Å². The van der Waals surface area contributed by atoms with Gasteiger partial charge in [0.2, 0.25) is 0 Å². The van der Waals surface area contributed by atoms with Crippen LogP contribution >= 0.6 is 0 Å². The molecular formula is C20H26FN3O3. The van der Waals surface area contributed by atoms with Gasteiger partial charge in [-0.25, -0.2) is 4.39 Å². The molecule has 0 heterocycles. The topological polar surface area (TPSA) is 64.1 Å². The van der Waals surface area contributed by atoms with Crippen molar-refractivity contribution in [1.82, 2.24) is 10.6 Å². The molecule has 2 N–H and O–H groups in total. The molecule has 2 rings (SSSR count). The minimum atomic E-state index is -0.226. The summed E-state index contributed by atoms with van der Waals surface area (Å²) in [7, 11) is 6.48. The van der Waals surface area contributed by atoms with Gasteiger partial charge < -0.3 is 24.8 Å². The lowest BCUT2D eigenvalue weighted by atomic mass is 10.1. The minimum absolute atomic E-state index is 0.226. The van der Waals surface area contributed by atoms with Crippen molar-refractivity contribution in [3.05, 3.63) is 53.3 Å². The molecule has 0 saturated heterocycles. The Hall–Kier alpha value is -2.96. The van der Waals surface area contributed by atoms with Crippen molar-refractivity contribution in [2.24, 2.45) is 4.99 Å². The maximum absolute atomic E-state index is 13.2. The first kappa shape index (κ1) is 20.4. The molecule has 0 spiro atoms. The Labute approximate surface area is 159 Å². The van der Waals surface area contributed by atoms with Gasteiger partial charge in [0.1, 0.15) is 11.6 Å². The Kier molecular flexibility index (Phi) is 7.73. The van der Waals surface area contributed by atoms with Gasteiger partial charge in [-0.1, -0.05) is 12.1 Å². The first-order valence-electron chi connectivity index (χ1n) is 8.59. The van der Waals surface area contributed by atoms with Crippen LogP contribution in [0.5, 0.6) is 17.2 Å².